The Kier molecular flexibility index (Phi) is 26.0. The van der Waals surface area contributed by atoms with Crippen LogP contribution in [0.15, 0.2) is 0 Å². The Morgan fingerprint density at radius 3 is 1.33 bits per heavy atom. The second-order valence-corrected chi connectivity index (χ2v) is 1.20. The molecule has 0 saturated carbocycles. The van der Waals surface area contributed by atoms with E-state index in [1.165, 1.54) is 0 Å². The Balaban J connectivity index is -0.0000000450. The molecule has 0 aliphatic carbocycles. The zero-order valence-corrected chi connectivity index (χ0v) is 7.99. The van der Waals surface area contributed by atoms with Crippen molar-refractivity contribution in [3.05, 3.63) is 0 Å². The van der Waals surface area contributed by atoms with Gasteiger partial charge in [0.25, 0.3) is 0 Å². The van der Waals surface area contributed by atoms with Gasteiger partial charge in [0.15, 0.2) is 0 Å². The normalized spacial score (nSPS) is 5.83. The molecule has 0 radical (unpaired) electrons. The van der Waals surface area contributed by atoms with Crippen LogP contribution in [-0.2, 0) is 3.83 Å². The van der Waals surface area contributed by atoms with Gasteiger partial charge < -0.3 is 5.48 Å². The van der Waals surface area contributed by atoms with Crippen LogP contribution in [0.5, 0.6) is 0 Å². The van der Waals surface area contributed by atoms with E-state index in [1.54, 1.807) is 0 Å². The quantitative estimate of drug-likeness (QED) is 0.371. The van der Waals surface area contributed by atoms with Gasteiger partial charge in [-0.15, -0.1) is 0 Å². The van der Waals surface area contributed by atoms with Crippen molar-refractivity contribution >= 4 is 14.5 Å². The van der Waals surface area contributed by atoms with Crippen LogP contribution in [-0.4, -0.2) is 28.3 Å². The predicted octanol–water partition coefficient (Wildman–Crippen LogP) is -4.79. The van der Waals surface area contributed by atoms with Gasteiger partial charge in [-0.25, -0.2) is 0 Å². The average Bonchev–Trinajstić information content (AvgIpc) is 0.811. The largest absolute Gasteiger partial charge is 1.00 e. The van der Waals surface area contributed by atoms with Crippen molar-refractivity contribution < 1.29 is 69.1 Å². The van der Waals surface area contributed by atoms with Gasteiger partial charge in [-0.1, -0.05) is 0 Å². The van der Waals surface area contributed by atoms with Gasteiger partial charge in [0.2, 0.25) is 0 Å². The predicted molar refractivity (Wildman–Crippen MR) is 12.8 cm³/mol. The summed E-state index contributed by atoms with van der Waals surface area (Å²) >= 11 is -3.29. The maximum absolute atomic E-state index is 8.76. The van der Waals surface area contributed by atoms with Gasteiger partial charge >= 0.3 is 78.1 Å². The molecule has 0 aliphatic heterocycles. The maximum Gasteiger partial charge on any atom is 1.00 e. The first kappa shape index (κ1) is 15.7. The molecule has 4 nitrogen and oxygen atoms in total. The van der Waals surface area contributed by atoms with Gasteiger partial charge in [-0.05, 0) is 0 Å². The van der Waals surface area contributed by atoms with E-state index in [2.05, 4.69) is 0 Å². The summed E-state index contributed by atoms with van der Waals surface area (Å²) in [4.78, 5) is 0. The molecule has 0 atom stereocenters. The summed E-state index contributed by atoms with van der Waals surface area (Å²) in [6.07, 6.45) is 0. The fourth-order valence-corrected chi connectivity index (χ4v) is 0. The first-order valence-electron chi connectivity index (χ1n) is 0.532. The van der Waals surface area contributed by atoms with Crippen molar-refractivity contribution in [3.63, 3.8) is 0 Å². The monoisotopic (exact) mass is 186 g/mol. The third-order valence-electron chi connectivity index (χ3n) is 0. The maximum atomic E-state index is 8.76. The van der Waals surface area contributed by atoms with E-state index in [9.17, 15) is 0 Å². The molecule has 0 amide bonds. The third kappa shape index (κ3) is 40.5. The number of rotatable bonds is 0. The summed E-state index contributed by atoms with van der Waals surface area (Å²) in [7, 11) is 0. The van der Waals surface area contributed by atoms with E-state index >= 15 is 0 Å². The van der Waals surface area contributed by atoms with Crippen LogP contribution in [0, 0.1) is 0 Å². The molecule has 6 heavy (non-hydrogen) atoms. The van der Waals surface area contributed by atoms with E-state index in [-0.39, 0.29) is 56.9 Å². The van der Waals surface area contributed by atoms with Crippen LogP contribution in [0.4, 0.5) is 0 Å². The van der Waals surface area contributed by atoms with Crippen molar-refractivity contribution in [2.45, 2.75) is 0 Å². The molecule has 0 spiro atoms. The standard InChI is InChI=1S/K.H2O3Se.H2O/c;1-4(2)3;/h;(H2,1,2,3);1H2/q+1;;/p-1. The Morgan fingerprint density at radius 2 is 1.33 bits per heavy atom. The van der Waals surface area contributed by atoms with Gasteiger partial charge in [-0.2, -0.15) is 0 Å². The van der Waals surface area contributed by atoms with Crippen molar-refractivity contribution in [2.75, 3.05) is 0 Å². The van der Waals surface area contributed by atoms with Crippen molar-refractivity contribution in [3.8, 4) is 0 Å². The molecule has 0 aromatic carbocycles. The molecule has 3 N–H and O–H groups in total. The second kappa shape index (κ2) is 9.96. The van der Waals surface area contributed by atoms with E-state index in [4.69, 9.17) is 12.2 Å². The summed E-state index contributed by atoms with van der Waals surface area (Å²) in [6, 6.07) is 0. The van der Waals surface area contributed by atoms with Gasteiger partial charge in [0, 0.05) is 0 Å². The van der Waals surface area contributed by atoms with Crippen molar-refractivity contribution in [1.82, 2.24) is 0 Å². The molecule has 0 aromatic heterocycles. The van der Waals surface area contributed by atoms with E-state index < -0.39 is 14.5 Å². The van der Waals surface area contributed by atoms with Crippen LogP contribution >= 0.6 is 0 Å². The van der Waals surface area contributed by atoms with Crippen molar-refractivity contribution in [1.29, 1.82) is 0 Å². The molecular weight excluding hydrogens is 182 g/mol. The van der Waals surface area contributed by atoms with Crippen LogP contribution in [0.3, 0.4) is 0 Å². The Morgan fingerprint density at radius 1 is 1.33 bits per heavy atom. The van der Waals surface area contributed by atoms with Gasteiger partial charge in [0.1, 0.15) is 0 Å². The van der Waals surface area contributed by atoms with E-state index in [1.807, 2.05) is 0 Å². The SMILES string of the molecule is O=[Se](O)O.[K+].[OH-]. The fourth-order valence-electron chi connectivity index (χ4n) is 0. The Bertz CT molecular complexity index is 30.5. The van der Waals surface area contributed by atoms with E-state index in [0.717, 1.165) is 0 Å². The van der Waals surface area contributed by atoms with Gasteiger partial charge in [-0.3, -0.25) is 0 Å². The molecule has 0 bridgehead atoms. The molecule has 0 rings (SSSR count). The van der Waals surface area contributed by atoms with E-state index in [0.29, 0.717) is 0 Å². The first-order chi connectivity index (χ1) is 1.73. The minimum absolute atomic E-state index is 0. The Labute approximate surface area is 82.0 Å². The summed E-state index contributed by atoms with van der Waals surface area (Å²) in [5.74, 6) is 0. The fraction of sp³-hybridized carbons (Fsp3) is 0. The molecule has 0 aromatic rings. The smallest absolute Gasteiger partial charge is 0.870 e. The third-order valence-corrected chi connectivity index (χ3v) is 0. The molecule has 0 aliphatic rings. The minimum atomic E-state index is -3.29. The topological polar surface area (TPSA) is 87.5 Å². The zero-order valence-electron chi connectivity index (χ0n) is 3.16. The summed E-state index contributed by atoms with van der Waals surface area (Å²) < 4.78 is 23.1. The molecule has 0 fully saturated rings. The Hall–Kier alpha value is 1.84. The molecule has 6 heteroatoms. The first-order valence-corrected chi connectivity index (χ1v) is 2.76. The molecule has 0 saturated heterocycles. The summed E-state index contributed by atoms with van der Waals surface area (Å²) in [6.45, 7) is 0. The summed E-state index contributed by atoms with van der Waals surface area (Å²) in [5.41, 5.74) is 0. The van der Waals surface area contributed by atoms with Gasteiger partial charge in [0.05, 0.1) is 0 Å². The zero-order chi connectivity index (χ0) is 3.58. The average molecular weight is 185 g/mol. The minimum Gasteiger partial charge on any atom is -0.870 e. The van der Waals surface area contributed by atoms with Crippen molar-refractivity contribution in [2.24, 2.45) is 0 Å². The number of hydrogen-bond acceptors (Lipinski definition) is 2. The molecular formula is H3KO4Se. The molecule has 34 valence electrons. The van der Waals surface area contributed by atoms with Crippen LogP contribution in [0.2, 0.25) is 0 Å². The molecule has 0 heterocycles. The summed E-state index contributed by atoms with van der Waals surface area (Å²) in [5, 5.41) is 0. The second-order valence-electron chi connectivity index (χ2n) is 0.231. The molecule has 0 unspecified atom stereocenters. The van der Waals surface area contributed by atoms with Crippen LogP contribution in [0.1, 0.15) is 0 Å². The number of hydrogen-bond donors (Lipinski definition) is 2. The van der Waals surface area contributed by atoms with Crippen LogP contribution < -0.4 is 51.4 Å². The van der Waals surface area contributed by atoms with Crippen LogP contribution in [0.25, 0.3) is 0 Å².